The van der Waals surface area contributed by atoms with Crippen molar-refractivity contribution in [2.75, 3.05) is 33.3 Å². The minimum Gasteiger partial charge on any atom is -0.495 e. The predicted octanol–water partition coefficient (Wildman–Crippen LogP) is 2.48. The summed E-state index contributed by atoms with van der Waals surface area (Å²) in [6.07, 6.45) is 1.25. The van der Waals surface area contributed by atoms with Gasteiger partial charge in [0.25, 0.3) is 0 Å². The van der Waals surface area contributed by atoms with E-state index in [0.717, 1.165) is 32.7 Å². The zero-order valence-electron chi connectivity index (χ0n) is 13.3. The van der Waals surface area contributed by atoms with Crippen molar-refractivity contribution in [1.82, 2.24) is 9.80 Å². The summed E-state index contributed by atoms with van der Waals surface area (Å²) in [5.74, 6) is 0.675. The van der Waals surface area contributed by atoms with E-state index < -0.39 is 0 Å². The molecule has 0 aromatic heterocycles. The Morgan fingerprint density at radius 2 is 2.14 bits per heavy atom. The highest BCUT2D eigenvalue weighted by molar-refractivity contribution is 5.45. The van der Waals surface area contributed by atoms with Gasteiger partial charge in [-0.05, 0) is 37.2 Å². The first kappa shape index (κ1) is 15.8. The Hall–Kier alpha value is -1.57. The number of ether oxygens (including phenoxy) is 1. The van der Waals surface area contributed by atoms with Crippen molar-refractivity contribution < 1.29 is 4.74 Å². The van der Waals surface area contributed by atoms with E-state index in [1.165, 1.54) is 12.0 Å². The van der Waals surface area contributed by atoms with Crippen molar-refractivity contribution in [2.24, 2.45) is 0 Å². The number of rotatable bonds is 6. The molecule has 0 N–H and O–H groups in total. The third-order valence-electron chi connectivity index (χ3n) is 4.37. The van der Waals surface area contributed by atoms with Crippen LogP contribution in [-0.4, -0.2) is 49.1 Å². The maximum Gasteiger partial charge on any atom is 0.136 e. The van der Waals surface area contributed by atoms with Crippen LogP contribution >= 0.6 is 0 Å². The summed E-state index contributed by atoms with van der Waals surface area (Å²) in [6.45, 7) is 9.92. The van der Waals surface area contributed by atoms with Crippen LogP contribution in [0, 0.1) is 11.3 Å². The maximum atomic E-state index is 9.03. The Labute approximate surface area is 127 Å². The molecule has 1 heterocycles. The van der Waals surface area contributed by atoms with Gasteiger partial charge in [0.1, 0.15) is 11.8 Å². The van der Waals surface area contributed by atoms with Gasteiger partial charge in [-0.25, -0.2) is 0 Å². The van der Waals surface area contributed by atoms with Crippen LogP contribution in [0.25, 0.3) is 0 Å². The maximum absolute atomic E-state index is 9.03. The fourth-order valence-electron chi connectivity index (χ4n) is 3.18. The minimum atomic E-state index is 0.601. The summed E-state index contributed by atoms with van der Waals surface area (Å²) in [7, 11) is 1.62. The van der Waals surface area contributed by atoms with Gasteiger partial charge in [0.05, 0.1) is 12.7 Å². The molecular formula is C17H25N3O. The Balaban J connectivity index is 1.99. The van der Waals surface area contributed by atoms with E-state index in [0.29, 0.717) is 17.4 Å². The van der Waals surface area contributed by atoms with Gasteiger partial charge in [-0.3, -0.25) is 9.80 Å². The fraction of sp³-hybridized carbons (Fsp3) is 0.588. The molecule has 1 unspecified atom stereocenters. The normalized spacial score (nSPS) is 18.9. The third-order valence-corrected chi connectivity index (χ3v) is 4.37. The molecule has 1 saturated heterocycles. The van der Waals surface area contributed by atoms with Crippen molar-refractivity contribution in [3.05, 3.63) is 29.3 Å². The first-order valence-electron chi connectivity index (χ1n) is 7.75. The SMILES string of the molecule is CCN(CC)C1CCN(Cc2ccc(C#N)c(OC)c2)C1. The molecule has 21 heavy (non-hydrogen) atoms. The van der Waals surface area contributed by atoms with E-state index in [9.17, 15) is 0 Å². The van der Waals surface area contributed by atoms with Crippen LogP contribution in [0.2, 0.25) is 0 Å². The number of hydrogen-bond donors (Lipinski definition) is 0. The van der Waals surface area contributed by atoms with Crippen molar-refractivity contribution >= 4 is 0 Å². The van der Waals surface area contributed by atoms with Gasteiger partial charge in [0.15, 0.2) is 0 Å². The molecule has 1 aromatic carbocycles. The average molecular weight is 287 g/mol. The highest BCUT2D eigenvalue weighted by atomic mass is 16.5. The second-order valence-corrected chi connectivity index (χ2v) is 5.55. The van der Waals surface area contributed by atoms with E-state index in [2.05, 4.69) is 29.7 Å². The Bertz CT molecular complexity index is 505. The van der Waals surface area contributed by atoms with Gasteiger partial charge >= 0.3 is 0 Å². The smallest absolute Gasteiger partial charge is 0.136 e. The molecule has 0 radical (unpaired) electrons. The molecule has 0 amide bonds. The average Bonchev–Trinajstić information content (AvgIpc) is 2.96. The van der Waals surface area contributed by atoms with Crippen LogP contribution < -0.4 is 4.74 Å². The second kappa shape index (κ2) is 7.44. The van der Waals surface area contributed by atoms with Crippen LogP contribution in [0.5, 0.6) is 5.75 Å². The van der Waals surface area contributed by atoms with Crippen molar-refractivity contribution in [2.45, 2.75) is 32.9 Å². The summed E-state index contributed by atoms with van der Waals surface area (Å²) >= 11 is 0. The fourth-order valence-corrected chi connectivity index (χ4v) is 3.18. The molecule has 1 aromatic rings. The molecule has 0 bridgehead atoms. The summed E-state index contributed by atoms with van der Waals surface area (Å²) in [4.78, 5) is 5.03. The van der Waals surface area contributed by atoms with Gasteiger partial charge in [-0.15, -0.1) is 0 Å². The third kappa shape index (κ3) is 3.75. The van der Waals surface area contributed by atoms with E-state index in [4.69, 9.17) is 10.00 Å². The topological polar surface area (TPSA) is 39.5 Å². The zero-order chi connectivity index (χ0) is 15.2. The van der Waals surface area contributed by atoms with Crippen molar-refractivity contribution in [3.63, 3.8) is 0 Å². The van der Waals surface area contributed by atoms with Crippen LogP contribution in [0.1, 0.15) is 31.4 Å². The molecule has 4 nitrogen and oxygen atoms in total. The molecule has 4 heteroatoms. The van der Waals surface area contributed by atoms with Gasteiger partial charge in [-0.1, -0.05) is 19.9 Å². The summed E-state index contributed by atoms with van der Waals surface area (Å²) in [5.41, 5.74) is 1.81. The molecule has 1 aliphatic rings. The van der Waals surface area contributed by atoms with E-state index in [1.807, 2.05) is 18.2 Å². The highest BCUT2D eigenvalue weighted by Gasteiger charge is 2.26. The lowest BCUT2D eigenvalue weighted by Crippen LogP contribution is -2.37. The molecule has 0 aliphatic carbocycles. The lowest BCUT2D eigenvalue weighted by molar-refractivity contribution is 0.209. The number of nitriles is 1. The number of likely N-dealkylation sites (tertiary alicyclic amines) is 1. The van der Waals surface area contributed by atoms with E-state index in [-0.39, 0.29) is 0 Å². The lowest BCUT2D eigenvalue weighted by atomic mass is 10.1. The molecule has 114 valence electrons. The Kier molecular flexibility index (Phi) is 5.60. The number of benzene rings is 1. The number of hydrogen-bond acceptors (Lipinski definition) is 4. The van der Waals surface area contributed by atoms with Gasteiger partial charge < -0.3 is 4.74 Å². The van der Waals surface area contributed by atoms with Crippen LogP contribution in [0.15, 0.2) is 18.2 Å². The standard InChI is InChI=1S/C17H25N3O/c1-4-20(5-2)16-8-9-19(13-16)12-14-6-7-15(11-18)17(10-14)21-3/h6-7,10,16H,4-5,8-9,12-13H2,1-3H3. The van der Waals surface area contributed by atoms with E-state index in [1.54, 1.807) is 7.11 Å². The summed E-state index contributed by atoms with van der Waals surface area (Å²) in [6, 6.07) is 8.72. The van der Waals surface area contributed by atoms with E-state index >= 15 is 0 Å². The van der Waals surface area contributed by atoms with Crippen LogP contribution in [-0.2, 0) is 6.54 Å². The van der Waals surface area contributed by atoms with Crippen LogP contribution in [0.3, 0.4) is 0 Å². The second-order valence-electron chi connectivity index (χ2n) is 5.55. The first-order chi connectivity index (χ1) is 10.2. The van der Waals surface area contributed by atoms with Crippen molar-refractivity contribution in [3.8, 4) is 11.8 Å². The first-order valence-corrected chi connectivity index (χ1v) is 7.75. The molecule has 1 atom stereocenters. The largest absolute Gasteiger partial charge is 0.495 e. The van der Waals surface area contributed by atoms with Gasteiger partial charge in [-0.2, -0.15) is 5.26 Å². The number of nitrogens with zero attached hydrogens (tertiary/aromatic N) is 3. The highest BCUT2D eigenvalue weighted by Crippen LogP contribution is 2.22. The Morgan fingerprint density at radius 3 is 2.76 bits per heavy atom. The van der Waals surface area contributed by atoms with Gasteiger partial charge in [0, 0.05) is 25.7 Å². The number of methoxy groups -OCH3 is 1. The molecule has 0 saturated carbocycles. The number of likely N-dealkylation sites (N-methyl/N-ethyl adjacent to an activating group) is 1. The molecule has 1 aliphatic heterocycles. The molecule has 0 spiro atoms. The van der Waals surface area contributed by atoms with Crippen LogP contribution in [0.4, 0.5) is 0 Å². The minimum absolute atomic E-state index is 0.601. The summed E-state index contributed by atoms with van der Waals surface area (Å²) < 4.78 is 5.29. The molecule has 1 fully saturated rings. The van der Waals surface area contributed by atoms with Crippen molar-refractivity contribution in [1.29, 1.82) is 5.26 Å². The van der Waals surface area contributed by atoms with Gasteiger partial charge in [0.2, 0.25) is 0 Å². The Morgan fingerprint density at radius 1 is 1.38 bits per heavy atom. The monoisotopic (exact) mass is 287 g/mol. The quantitative estimate of drug-likeness (QED) is 0.806. The molecule has 2 rings (SSSR count). The lowest BCUT2D eigenvalue weighted by Gasteiger charge is -2.26. The predicted molar refractivity (Wildman–Crippen MR) is 84.3 cm³/mol. The summed E-state index contributed by atoms with van der Waals surface area (Å²) in [5, 5.41) is 9.03. The molecular weight excluding hydrogens is 262 g/mol. The zero-order valence-corrected chi connectivity index (χ0v) is 13.3.